The first-order valence-corrected chi connectivity index (χ1v) is 10.7. The standard InChI is InChI=1S/C27H23N3O5/c1-17(31)35-26-24(33-2)13-18(14-25(26)34-3)16-28-30-27(32)21-15-23(19-9-5-4-6-10-19)29-22-12-8-7-11-20(21)22/h4-16H,1-3H3,(H,30,32)/b28-16+. The Balaban J connectivity index is 1.63. The Bertz CT molecular complexity index is 1390. The fraction of sp³-hybridized carbons (Fsp3) is 0.111. The number of carbonyl (C=O) groups is 2. The fourth-order valence-electron chi connectivity index (χ4n) is 3.56. The van der Waals surface area contributed by atoms with E-state index in [1.54, 1.807) is 18.2 Å². The summed E-state index contributed by atoms with van der Waals surface area (Å²) in [6.45, 7) is 1.29. The van der Waals surface area contributed by atoms with Crippen molar-refractivity contribution < 1.29 is 23.8 Å². The Hall–Kier alpha value is -4.72. The highest BCUT2D eigenvalue weighted by Gasteiger charge is 2.16. The summed E-state index contributed by atoms with van der Waals surface area (Å²) in [4.78, 5) is 29.2. The summed E-state index contributed by atoms with van der Waals surface area (Å²) in [5.74, 6) is -0.137. The van der Waals surface area contributed by atoms with Crippen LogP contribution in [-0.4, -0.2) is 37.3 Å². The molecule has 0 saturated carbocycles. The van der Waals surface area contributed by atoms with Gasteiger partial charge >= 0.3 is 5.97 Å². The topological polar surface area (TPSA) is 99.1 Å². The molecule has 8 nitrogen and oxygen atoms in total. The number of esters is 1. The number of carbonyl (C=O) groups excluding carboxylic acids is 2. The van der Waals surface area contributed by atoms with Crippen molar-refractivity contribution in [1.82, 2.24) is 10.4 Å². The van der Waals surface area contributed by atoms with Crippen LogP contribution in [0.15, 0.2) is 77.9 Å². The molecule has 4 rings (SSSR count). The first-order chi connectivity index (χ1) is 17.0. The minimum Gasteiger partial charge on any atom is -0.493 e. The van der Waals surface area contributed by atoms with Gasteiger partial charge in [0.1, 0.15) is 0 Å². The zero-order chi connectivity index (χ0) is 24.8. The van der Waals surface area contributed by atoms with Crippen LogP contribution in [0.4, 0.5) is 0 Å². The normalized spacial score (nSPS) is 10.8. The number of hydrogen-bond donors (Lipinski definition) is 1. The van der Waals surface area contributed by atoms with Gasteiger partial charge in [-0.25, -0.2) is 10.4 Å². The van der Waals surface area contributed by atoms with Gasteiger partial charge in [0, 0.05) is 23.4 Å². The van der Waals surface area contributed by atoms with Crippen LogP contribution in [0.25, 0.3) is 22.2 Å². The molecule has 3 aromatic carbocycles. The smallest absolute Gasteiger partial charge is 0.308 e. The lowest BCUT2D eigenvalue weighted by Crippen LogP contribution is -2.18. The fourth-order valence-corrected chi connectivity index (χ4v) is 3.56. The van der Waals surface area contributed by atoms with Gasteiger partial charge in [0.15, 0.2) is 11.5 Å². The van der Waals surface area contributed by atoms with Gasteiger partial charge in [-0.3, -0.25) is 9.59 Å². The van der Waals surface area contributed by atoms with Crippen molar-refractivity contribution in [2.24, 2.45) is 5.10 Å². The molecule has 1 aromatic heterocycles. The molecule has 0 aliphatic carbocycles. The van der Waals surface area contributed by atoms with E-state index in [0.29, 0.717) is 39.2 Å². The first kappa shape index (κ1) is 23.4. The monoisotopic (exact) mass is 469 g/mol. The molecular formula is C27H23N3O5. The molecule has 0 atom stereocenters. The van der Waals surface area contributed by atoms with E-state index in [9.17, 15) is 9.59 Å². The molecule has 0 radical (unpaired) electrons. The van der Waals surface area contributed by atoms with E-state index in [1.807, 2.05) is 54.6 Å². The SMILES string of the molecule is COc1cc(/C=N/NC(=O)c2cc(-c3ccccc3)nc3ccccc23)cc(OC)c1OC(C)=O. The van der Waals surface area contributed by atoms with Gasteiger partial charge in [0.05, 0.1) is 37.2 Å². The number of rotatable bonds is 7. The molecule has 0 aliphatic rings. The lowest BCUT2D eigenvalue weighted by Gasteiger charge is -2.13. The molecule has 176 valence electrons. The van der Waals surface area contributed by atoms with E-state index >= 15 is 0 Å². The largest absolute Gasteiger partial charge is 0.493 e. The quantitative estimate of drug-likeness (QED) is 0.184. The average molecular weight is 469 g/mol. The third kappa shape index (κ3) is 5.27. The van der Waals surface area contributed by atoms with Crippen LogP contribution in [0.2, 0.25) is 0 Å². The van der Waals surface area contributed by atoms with Gasteiger partial charge in [-0.1, -0.05) is 48.5 Å². The number of hydrazone groups is 1. The Morgan fingerprint density at radius 2 is 1.57 bits per heavy atom. The summed E-state index contributed by atoms with van der Waals surface area (Å²) in [5.41, 5.74) is 5.90. The van der Waals surface area contributed by atoms with Crippen LogP contribution < -0.4 is 19.6 Å². The molecule has 8 heteroatoms. The van der Waals surface area contributed by atoms with Gasteiger partial charge in [0.25, 0.3) is 5.91 Å². The first-order valence-electron chi connectivity index (χ1n) is 10.7. The van der Waals surface area contributed by atoms with E-state index < -0.39 is 5.97 Å². The molecule has 1 heterocycles. The molecule has 0 spiro atoms. The van der Waals surface area contributed by atoms with Gasteiger partial charge < -0.3 is 14.2 Å². The average Bonchev–Trinajstić information content (AvgIpc) is 2.88. The van der Waals surface area contributed by atoms with Gasteiger partial charge in [-0.2, -0.15) is 5.10 Å². The van der Waals surface area contributed by atoms with Crippen LogP contribution >= 0.6 is 0 Å². The number of pyridine rings is 1. The zero-order valence-electron chi connectivity index (χ0n) is 19.4. The molecule has 1 N–H and O–H groups in total. The van der Waals surface area contributed by atoms with Gasteiger partial charge in [0.2, 0.25) is 5.75 Å². The number of methoxy groups -OCH3 is 2. The summed E-state index contributed by atoms with van der Waals surface area (Å²) in [6, 6.07) is 22.1. The van der Waals surface area contributed by atoms with E-state index in [4.69, 9.17) is 19.2 Å². The highest BCUT2D eigenvalue weighted by atomic mass is 16.6. The maximum Gasteiger partial charge on any atom is 0.308 e. The minimum absolute atomic E-state index is 0.167. The lowest BCUT2D eigenvalue weighted by molar-refractivity contribution is -0.132. The van der Waals surface area contributed by atoms with E-state index in [2.05, 4.69) is 10.5 Å². The maximum atomic E-state index is 13.1. The van der Waals surface area contributed by atoms with Crippen molar-refractivity contribution in [3.8, 4) is 28.5 Å². The molecular weight excluding hydrogens is 446 g/mol. The minimum atomic E-state index is -0.505. The number of benzene rings is 3. The molecule has 0 unspecified atom stereocenters. The van der Waals surface area contributed by atoms with Crippen molar-refractivity contribution in [3.63, 3.8) is 0 Å². The number of para-hydroxylation sites is 1. The molecule has 4 aromatic rings. The van der Waals surface area contributed by atoms with Crippen molar-refractivity contribution in [1.29, 1.82) is 0 Å². The molecule has 0 bridgehead atoms. The number of fused-ring (bicyclic) bond motifs is 1. The third-order valence-corrected chi connectivity index (χ3v) is 5.14. The third-order valence-electron chi connectivity index (χ3n) is 5.14. The van der Waals surface area contributed by atoms with Crippen LogP contribution in [0.3, 0.4) is 0 Å². The number of nitrogens with one attached hydrogen (secondary N) is 1. The van der Waals surface area contributed by atoms with Crippen molar-refractivity contribution >= 4 is 29.0 Å². The predicted molar refractivity (Wildman–Crippen MR) is 133 cm³/mol. The predicted octanol–water partition coefficient (Wildman–Crippen LogP) is 4.61. The number of hydrogen-bond acceptors (Lipinski definition) is 7. The second kappa shape index (κ2) is 10.5. The Kier molecular flexibility index (Phi) is 7.02. The van der Waals surface area contributed by atoms with Crippen molar-refractivity contribution in [3.05, 3.63) is 83.9 Å². The summed E-state index contributed by atoms with van der Waals surface area (Å²) in [5, 5.41) is 4.82. The Labute approximate surface area is 202 Å². The Morgan fingerprint density at radius 1 is 0.914 bits per heavy atom. The molecule has 0 saturated heterocycles. The number of ether oxygens (including phenoxy) is 3. The summed E-state index contributed by atoms with van der Waals surface area (Å²) >= 11 is 0. The van der Waals surface area contributed by atoms with Crippen LogP contribution in [0.1, 0.15) is 22.8 Å². The molecule has 0 aliphatic heterocycles. The van der Waals surface area contributed by atoms with Crippen LogP contribution in [-0.2, 0) is 4.79 Å². The van der Waals surface area contributed by atoms with Gasteiger partial charge in [-0.05, 0) is 24.3 Å². The van der Waals surface area contributed by atoms with Crippen molar-refractivity contribution in [2.45, 2.75) is 6.92 Å². The second-order valence-electron chi connectivity index (χ2n) is 7.49. The molecule has 1 amide bonds. The maximum absolute atomic E-state index is 13.1. The Morgan fingerprint density at radius 3 is 2.23 bits per heavy atom. The molecule has 35 heavy (non-hydrogen) atoms. The lowest BCUT2D eigenvalue weighted by atomic mass is 10.0. The van der Waals surface area contributed by atoms with Crippen molar-refractivity contribution in [2.75, 3.05) is 14.2 Å². The second-order valence-corrected chi connectivity index (χ2v) is 7.49. The highest BCUT2D eigenvalue weighted by molar-refractivity contribution is 6.07. The van der Waals surface area contributed by atoms with Crippen LogP contribution in [0.5, 0.6) is 17.2 Å². The number of nitrogens with zero attached hydrogens (tertiary/aromatic N) is 2. The van der Waals surface area contributed by atoms with E-state index in [-0.39, 0.29) is 11.7 Å². The zero-order valence-corrected chi connectivity index (χ0v) is 19.4. The number of aromatic nitrogens is 1. The van der Waals surface area contributed by atoms with Gasteiger partial charge in [-0.15, -0.1) is 0 Å². The molecule has 0 fully saturated rings. The summed E-state index contributed by atoms with van der Waals surface area (Å²) in [7, 11) is 2.90. The van der Waals surface area contributed by atoms with E-state index in [0.717, 1.165) is 5.56 Å². The summed E-state index contributed by atoms with van der Waals surface area (Å²) < 4.78 is 15.8. The van der Waals surface area contributed by atoms with E-state index in [1.165, 1.54) is 27.4 Å². The summed E-state index contributed by atoms with van der Waals surface area (Å²) in [6.07, 6.45) is 1.45. The van der Waals surface area contributed by atoms with Crippen LogP contribution in [0, 0.1) is 0 Å². The number of amides is 1. The highest BCUT2D eigenvalue weighted by Crippen LogP contribution is 2.38.